The van der Waals surface area contributed by atoms with Gasteiger partial charge in [-0.2, -0.15) is 8.42 Å². The molecule has 0 saturated carbocycles. The number of para-hydroxylation sites is 1. The minimum atomic E-state index is -3.70. The summed E-state index contributed by atoms with van der Waals surface area (Å²) >= 11 is 5.83. The second kappa shape index (κ2) is 12.9. The number of nitrogens with zero attached hydrogens (tertiary/aromatic N) is 2. The number of methoxy groups -OCH3 is 1. The molecule has 0 aliphatic carbocycles. The molecule has 11 nitrogen and oxygen atoms in total. The van der Waals surface area contributed by atoms with E-state index in [9.17, 15) is 27.2 Å². The molecule has 3 rings (SSSR count). The summed E-state index contributed by atoms with van der Waals surface area (Å²) in [4.78, 5) is 39.3. The number of amides is 2. The monoisotopic (exact) mass is 610 g/mol. The topological polar surface area (TPSA) is 138 Å². The van der Waals surface area contributed by atoms with E-state index in [0.717, 1.165) is 12.3 Å². The molecule has 1 aromatic heterocycles. The summed E-state index contributed by atoms with van der Waals surface area (Å²) in [6.07, 6.45) is 0.725. The fraction of sp³-hybridized carbons (Fsp3) is 0.370. The first kappa shape index (κ1) is 31.8. The molecule has 41 heavy (non-hydrogen) atoms. The van der Waals surface area contributed by atoms with Gasteiger partial charge >= 0.3 is 0 Å². The van der Waals surface area contributed by atoms with Crippen molar-refractivity contribution in [2.45, 2.75) is 40.2 Å². The molecule has 2 aromatic carbocycles. The summed E-state index contributed by atoms with van der Waals surface area (Å²) in [6.45, 7) is 4.84. The standard InChI is InChI=1S/C27H32ClFN4O7S/c1-17-25(26(36)33(18-9-7-6-8-10-18)32(17)11-12-40-41(5,37)38)31-24(35)16-27(2,3)15-23(34)30-21-13-19(28)20(29)14-22(21)39-4/h6-10,13-14H,11-12,15-16H2,1-5H3,(H,30,34)(H,31,35). The second-order valence-corrected chi connectivity index (χ2v) is 12.2. The maximum absolute atomic E-state index is 13.7. The quantitative estimate of drug-likeness (QED) is 0.294. The summed E-state index contributed by atoms with van der Waals surface area (Å²) in [5, 5.41) is 5.10. The number of anilines is 2. The Bertz CT molecular complexity index is 1600. The van der Waals surface area contributed by atoms with Gasteiger partial charge in [-0.3, -0.25) is 23.2 Å². The van der Waals surface area contributed by atoms with Gasteiger partial charge in [-0.1, -0.05) is 43.6 Å². The zero-order valence-corrected chi connectivity index (χ0v) is 24.9. The SMILES string of the molecule is COc1cc(F)c(Cl)cc1NC(=O)CC(C)(C)CC(=O)Nc1c(C)n(CCOS(C)(=O)=O)n(-c2ccccc2)c1=O. The lowest BCUT2D eigenvalue weighted by molar-refractivity contribution is -0.120. The molecule has 0 aliphatic rings. The molecule has 0 aliphatic heterocycles. The minimum Gasteiger partial charge on any atom is -0.494 e. The fourth-order valence-electron chi connectivity index (χ4n) is 4.27. The van der Waals surface area contributed by atoms with Gasteiger partial charge in [0, 0.05) is 18.9 Å². The predicted molar refractivity (Wildman–Crippen MR) is 154 cm³/mol. The summed E-state index contributed by atoms with van der Waals surface area (Å²) in [6, 6.07) is 10.9. The van der Waals surface area contributed by atoms with E-state index in [0.29, 0.717) is 11.4 Å². The molecule has 14 heteroatoms. The van der Waals surface area contributed by atoms with Crippen molar-refractivity contribution in [3.8, 4) is 11.4 Å². The lowest BCUT2D eigenvalue weighted by Crippen LogP contribution is -2.29. The lowest BCUT2D eigenvalue weighted by atomic mass is 9.85. The molecule has 1 heterocycles. The Labute approximate surface area is 242 Å². The van der Waals surface area contributed by atoms with E-state index in [1.807, 2.05) is 0 Å². The number of aromatic nitrogens is 2. The average molecular weight is 611 g/mol. The molecule has 3 aromatic rings. The number of halogens is 2. The minimum absolute atomic E-state index is 0.0153. The van der Waals surface area contributed by atoms with Crippen LogP contribution in [-0.2, 0) is 30.4 Å². The number of rotatable bonds is 12. The van der Waals surface area contributed by atoms with Gasteiger partial charge in [0.05, 0.1) is 48.6 Å². The van der Waals surface area contributed by atoms with Crippen molar-refractivity contribution >= 4 is 44.9 Å². The van der Waals surface area contributed by atoms with E-state index in [1.54, 1.807) is 51.1 Å². The maximum atomic E-state index is 13.7. The maximum Gasteiger partial charge on any atom is 0.295 e. The van der Waals surface area contributed by atoms with Crippen LogP contribution in [0.3, 0.4) is 0 Å². The van der Waals surface area contributed by atoms with E-state index in [-0.39, 0.29) is 48.1 Å². The number of hydrogen-bond acceptors (Lipinski definition) is 7. The van der Waals surface area contributed by atoms with Crippen molar-refractivity contribution < 1.29 is 31.3 Å². The Kier molecular flexibility index (Phi) is 10.0. The third kappa shape index (κ3) is 8.41. The zero-order chi connectivity index (χ0) is 30.5. The highest BCUT2D eigenvalue weighted by atomic mass is 35.5. The van der Waals surface area contributed by atoms with Crippen LogP contribution < -0.4 is 20.9 Å². The molecule has 0 saturated heterocycles. The van der Waals surface area contributed by atoms with Gasteiger partial charge in [-0.25, -0.2) is 9.07 Å². The Balaban J connectivity index is 1.78. The summed E-state index contributed by atoms with van der Waals surface area (Å²) in [5.41, 5.74) is -0.263. The van der Waals surface area contributed by atoms with E-state index in [4.69, 9.17) is 20.5 Å². The number of nitrogens with one attached hydrogen (secondary N) is 2. The number of carbonyl (C=O) groups excluding carboxylic acids is 2. The first-order chi connectivity index (χ1) is 19.1. The average Bonchev–Trinajstić information content (AvgIpc) is 3.09. The number of benzene rings is 2. The van der Waals surface area contributed by atoms with Crippen molar-refractivity contribution in [1.82, 2.24) is 9.36 Å². The summed E-state index contributed by atoms with van der Waals surface area (Å²) in [5.74, 6) is -1.57. The molecule has 2 amide bonds. The number of hydrogen-bond donors (Lipinski definition) is 2. The van der Waals surface area contributed by atoms with E-state index in [1.165, 1.54) is 22.5 Å². The van der Waals surface area contributed by atoms with Crippen LogP contribution in [0.25, 0.3) is 5.69 Å². The van der Waals surface area contributed by atoms with Gasteiger partial charge in [0.25, 0.3) is 15.7 Å². The van der Waals surface area contributed by atoms with Crippen LogP contribution in [0, 0.1) is 18.2 Å². The van der Waals surface area contributed by atoms with Crippen LogP contribution in [0.2, 0.25) is 5.02 Å². The lowest BCUT2D eigenvalue weighted by Gasteiger charge is -2.23. The summed E-state index contributed by atoms with van der Waals surface area (Å²) < 4.78 is 49.4. The third-order valence-electron chi connectivity index (χ3n) is 6.06. The molecule has 0 radical (unpaired) electrons. The largest absolute Gasteiger partial charge is 0.494 e. The van der Waals surface area contributed by atoms with Gasteiger partial charge in [0.2, 0.25) is 11.8 Å². The number of ether oxygens (including phenoxy) is 1. The Hall–Kier alpha value is -3.68. The van der Waals surface area contributed by atoms with Crippen LogP contribution in [-0.4, -0.2) is 49.6 Å². The predicted octanol–water partition coefficient (Wildman–Crippen LogP) is 4.11. The van der Waals surface area contributed by atoms with Crippen LogP contribution >= 0.6 is 11.6 Å². The molecular weight excluding hydrogens is 579 g/mol. The second-order valence-electron chi connectivity index (χ2n) is 10.1. The van der Waals surface area contributed by atoms with Crippen molar-refractivity contribution in [3.05, 3.63) is 69.4 Å². The summed E-state index contributed by atoms with van der Waals surface area (Å²) in [7, 11) is -2.37. The van der Waals surface area contributed by atoms with Crippen molar-refractivity contribution in [2.24, 2.45) is 5.41 Å². The molecule has 0 unspecified atom stereocenters. The van der Waals surface area contributed by atoms with Gasteiger partial charge in [0.1, 0.15) is 17.3 Å². The first-order valence-electron chi connectivity index (χ1n) is 12.5. The van der Waals surface area contributed by atoms with E-state index < -0.39 is 38.7 Å². The third-order valence-corrected chi connectivity index (χ3v) is 6.94. The highest BCUT2D eigenvalue weighted by Gasteiger charge is 2.28. The van der Waals surface area contributed by atoms with Gasteiger partial charge in [0.15, 0.2) is 0 Å². The molecule has 0 bridgehead atoms. The van der Waals surface area contributed by atoms with E-state index >= 15 is 0 Å². The van der Waals surface area contributed by atoms with Crippen LogP contribution in [0.4, 0.5) is 15.8 Å². The first-order valence-corrected chi connectivity index (χ1v) is 14.7. The Morgan fingerprint density at radius 3 is 2.27 bits per heavy atom. The fourth-order valence-corrected chi connectivity index (χ4v) is 4.81. The van der Waals surface area contributed by atoms with Crippen LogP contribution in [0.1, 0.15) is 32.4 Å². The Morgan fingerprint density at radius 1 is 1.07 bits per heavy atom. The molecule has 0 atom stereocenters. The van der Waals surface area contributed by atoms with Crippen molar-refractivity contribution in [2.75, 3.05) is 30.6 Å². The van der Waals surface area contributed by atoms with Crippen LogP contribution in [0.5, 0.6) is 5.75 Å². The normalized spacial score (nSPS) is 11.8. The van der Waals surface area contributed by atoms with Gasteiger partial charge in [-0.05, 0) is 30.5 Å². The molecule has 0 fully saturated rings. The molecule has 0 spiro atoms. The van der Waals surface area contributed by atoms with Gasteiger partial charge < -0.3 is 15.4 Å². The molecule has 222 valence electrons. The van der Waals surface area contributed by atoms with Crippen molar-refractivity contribution in [3.63, 3.8) is 0 Å². The zero-order valence-electron chi connectivity index (χ0n) is 23.3. The van der Waals surface area contributed by atoms with E-state index in [2.05, 4.69) is 10.6 Å². The Morgan fingerprint density at radius 2 is 1.68 bits per heavy atom. The smallest absolute Gasteiger partial charge is 0.295 e. The van der Waals surface area contributed by atoms with Gasteiger partial charge in [-0.15, -0.1) is 0 Å². The number of carbonyl (C=O) groups is 2. The molecule has 2 N–H and O–H groups in total. The van der Waals surface area contributed by atoms with Crippen molar-refractivity contribution in [1.29, 1.82) is 0 Å². The van der Waals surface area contributed by atoms with Crippen LogP contribution in [0.15, 0.2) is 47.3 Å². The highest BCUT2D eigenvalue weighted by Crippen LogP contribution is 2.32. The molecular formula is C27H32ClFN4O7S. The highest BCUT2D eigenvalue weighted by molar-refractivity contribution is 7.85.